The molecule has 0 aromatic heterocycles. The highest BCUT2D eigenvalue weighted by atomic mass is 19.1. The molecule has 106 valence electrons. The zero-order valence-corrected chi connectivity index (χ0v) is 11.0. The monoisotopic (exact) mass is 272 g/mol. The highest BCUT2D eigenvalue weighted by molar-refractivity contribution is 5.96. The average molecular weight is 272 g/mol. The quantitative estimate of drug-likeness (QED) is 0.716. The van der Waals surface area contributed by atoms with Crippen molar-refractivity contribution in [2.75, 3.05) is 12.3 Å². The number of nitrogen functional groups attached to an aromatic ring is 1. The van der Waals surface area contributed by atoms with Gasteiger partial charge in [0, 0.05) is 0 Å². The zero-order valence-electron chi connectivity index (χ0n) is 11.0. The van der Waals surface area contributed by atoms with Gasteiger partial charge in [0.25, 0.3) is 5.91 Å². The van der Waals surface area contributed by atoms with Crippen molar-refractivity contribution >= 4 is 11.6 Å². The van der Waals surface area contributed by atoms with Crippen molar-refractivity contribution in [3.8, 4) is 0 Å². The highest BCUT2D eigenvalue weighted by Gasteiger charge is 2.30. The van der Waals surface area contributed by atoms with Crippen LogP contribution in [0.2, 0.25) is 0 Å². The first kappa shape index (κ1) is 15.4. The average Bonchev–Trinajstić information content (AvgIpc) is 2.41. The summed E-state index contributed by atoms with van der Waals surface area (Å²) in [5.41, 5.74) is 3.41. The molecule has 0 aliphatic heterocycles. The SMILES string of the molecule is CCC(CC)(CO)NC(=O)c1c(F)ccc(N)c1F. The van der Waals surface area contributed by atoms with Crippen LogP contribution in [0.25, 0.3) is 0 Å². The Hall–Kier alpha value is -1.69. The van der Waals surface area contributed by atoms with Crippen LogP contribution in [0.3, 0.4) is 0 Å². The summed E-state index contributed by atoms with van der Waals surface area (Å²) in [6.07, 6.45) is 0.884. The molecule has 0 atom stereocenters. The van der Waals surface area contributed by atoms with E-state index in [2.05, 4.69) is 5.32 Å². The number of carbonyl (C=O) groups excluding carboxylic acids is 1. The number of hydrogen-bond acceptors (Lipinski definition) is 3. The fourth-order valence-corrected chi connectivity index (χ4v) is 1.77. The minimum Gasteiger partial charge on any atom is -0.396 e. The molecule has 0 aliphatic rings. The van der Waals surface area contributed by atoms with Gasteiger partial charge < -0.3 is 16.2 Å². The van der Waals surface area contributed by atoms with Crippen molar-refractivity contribution in [2.24, 2.45) is 0 Å². The number of aliphatic hydroxyl groups is 1. The Morgan fingerprint density at radius 2 is 1.95 bits per heavy atom. The van der Waals surface area contributed by atoms with E-state index in [1.165, 1.54) is 0 Å². The Kier molecular flexibility index (Phi) is 4.83. The highest BCUT2D eigenvalue weighted by Crippen LogP contribution is 2.21. The number of hydrogen-bond donors (Lipinski definition) is 3. The molecule has 1 aromatic carbocycles. The number of carbonyl (C=O) groups is 1. The predicted molar refractivity (Wildman–Crippen MR) is 68.6 cm³/mol. The van der Waals surface area contributed by atoms with Crippen LogP contribution in [0, 0.1) is 11.6 Å². The van der Waals surface area contributed by atoms with E-state index in [-0.39, 0.29) is 12.3 Å². The van der Waals surface area contributed by atoms with E-state index >= 15 is 0 Å². The van der Waals surface area contributed by atoms with E-state index in [1.807, 2.05) is 0 Å². The molecule has 4 nitrogen and oxygen atoms in total. The lowest BCUT2D eigenvalue weighted by Gasteiger charge is -2.30. The van der Waals surface area contributed by atoms with Crippen molar-refractivity contribution in [2.45, 2.75) is 32.2 Å². The minimum atomic E-state index is -1.09. The summed E-state index contributed by atoms with van der Waals surface area (Å²) in [6, 6.07) is 1.99. The number of nitrogens with one attached hydrogen (secondary N) is 1. The molecule has 6 heteroatoms. The molecule has 0 saturated heterocycles. The van der Waals surface area contributed by atoms with Gasteiger partial charge in [-0.1, -0.05) is 13.8 Å². The van der Waals surface area contributed by atoms with E-state index in [9.17, 15) is 18.7 Å². The molecule has 0 fully saturated rings. The zero-order chi connectivity index (χ0) is 14.6. The van der Waals surface area contributed by atoms with Crippen molar-refractivity contribution < 1.29 is 18.7 Å². The van der Waals surface area contributed by atoms with Crippen LogP contribution in [-0.4, -0.2) is 23.2 Å². The molecule has 1 aromatic rings. The fourth-order valence-electron chi connectivity index (χ4n) is 1.77. The summed E-state index contributed by atoms with van der Waals surface area (Å²) in [4.78, 5) is 12.0. The second kappa shape index (κ2) is 5.97. The summed E-state index contributed by atoms with van der Waals surface area (Å²) in [6.45, 7) is 3.23. The number of aliphatic hydroxyl groups excluding tert-OH is 1. The standard InChI is InChI=1S/C13H18F2N2O2/c1-3-13(4-2,7-18)17-12(19)10-8(14)5-6-9(16)11(10)15/h5-6,18H,3-4,7,16H2,1-2H3,(H,17,19). The van der Waals surface area contributed by atoms with Crippen LogP contribution in [0.15, 0.2) is 12.1 Å². The lowest BCUT2D eigenvalue weighted by atomic mass is 9.93. The van der Waals surface area contributed by atoms with Crippen molar-refractivity contribution in [1.82, 2.24) is 5.32 Å². The van der Waals surface area contributed by atoms with Crippen LogP contribution in [0.1, 0.15) is 37.0 Å². The number of amides is 1. The number of benzene rings is 1. The molecule has 0 bridgehead atoms. The van der Waals surface area contributed by atoms with Crippen LogP contribution < -0.4 is 11.1 Å². The van der Waals surface area contributed by atoms with E-state index in [4.69, 9.17) is 5.73 Å². The molecule has 0 heterocycles. The maximum absolute atomic E-state index is 13.7. The molecular formula is C13H18F2N2O2. The smallest absolute Gasteiger partial charge is 0.257 e. The molecule has 0 saturated carbocycles. The lowest BCUT2D eigenvalue weighted by molar-refractivity contribution is 0.0809. The first-order chi connectivity index (χ1) is 8.90. The van der Waals surface area contributed by atoms with Gasteiger partial charge in [-0.3, -0.25) is 4.79 Å². The van der Waals surface area contributed by atoms with Gasteiger partial charge in [0.05, 0.1) is 17.8 Å². The van der Waals surface area contributed by atoms with Crippen LogP contribution in [0.4, 0.5) is 14.5 Å². The number of nitrogens with two attached hydrogens (primary N) is 1. The Labute approximate surface area is 110 Å². The summed E-state index contributed by atoms with van der Waals surface area (Å²) in [5.74, 6) is -2.99. The van der Waals surface area contributed by atoms with Crippen molar-refractivity contribution in [3.05, 3.63) is 29.3 Å². The van der Waals surface area contributed by atoms with E-state index in [0.717, 1.165) is 12.1 Å². The van der Waals surface area contributed by atoms with E-state index in [1.54, 1.807) is 13.8 Å². The van der Waals surface area contributed by atoms with Gasteiger partial charge in [-0.25, -0.2) is 8.78 Å². The maximum atomic E-state index is 13.7. The number of rotatable bonds is 5. The first-order valence-corrected chi connectivity index (χ1v) is 6.07. The maximum Gasteiger partial charge on any atom is 0.257 e. The molecule has 1 rings (SSSR count). The topological polar surface area (TPSA) is 75.3 Å². The van der Waals surface area contributed by atoms with Gasteiger partial charge >= 0.3 is 0 Å². The summed E-state index contributed by atoms with van der Waals surface area (Å²) in [7, 11) is 0. The Balaban J connectivity index is 3.11. The van der Waals surface area contributed by atoms with Crippen molar-refractivity contribution in [3.63, 3.8) is 0 Å². The van der Waals surface area contributed by atoms with Crippen LogP contribution in [-0.2, 0) is 0 Å². The fraction of sp³-hybridized carbons (Fsp3) is 0.462. The summed E-state index contributed by atoms with van der Waals surface area (Å²) >= 11 is 0. The van der Waals surface area contributed by atoms with Gasteiger partial charge in [0.1, 0.15) is 11.4 Å². The van der Waals surface area contributed by atoms with Gasteiger partial charge in [0.2, 0.25) is 0 Å². The molecular weight excluding hydrogens is 254 g/mol. The largest absolute Gasteiger partial charge is 0.396 e. The van der Waals surface area contributed by atoms with Gasteiger partial charge in [-0.15, -0.1) is 0 Å². The number of anilines is 1. The molecule has 0 aliphatic carbocycles. The third-order valence-corrected chi connectivity index (χ3v) is 3.38. The van der Waals surface area contributed by atoms with Crippen molar-refractivity contribution in [1.29, 1.82) is 0 Å². The van der Waals surface area contributed by atoms with E-state index < -0.39 is 28.6 Å². The lowest BCUT2D eigenvalue weighted by Crippen LogP contribution is -2.50. The Morgan fingerprint density at radius 1 is 1.37 bits per heavy atom. The second-order valence-electron chi connectivity index (χ2n) is 4.43. The minimum absolute atomic E-state index is 0.297. The predicted octanol–water partition coefficient (Wildman–Crippen LogP) is 1.83. The summed E-state index contributed by atoms with van der Waals surface area (Å²) < 4.78 is 27.3. The second-order valence-corrected chi connectivity index (χ2v) is 4.43. The molecule has 19 heavy (non-hydrogen) atoms. The van der Waals surface area contributed by atoms with E-state index in [0.29, 0.717) is 12.8 Å². The molecule has 1 amide bonds. The molecule has 0 radical (unpaired) electrons. The third kappa shape index (κ3) is 3.01. The van der Waals surface area contributed by atoms with Gasteiger partial charge in [-0.2, -0.15) is 0 Å². The molecule has 4 N–H and O–H groups in total. The summed E-state index contributed by atoms with van der Waals surface area (Å²) in [5, 5.41) is 11.8. The Morgan fingerprint density at radius 3 is 2.42 bits per heavy atom. The molecule has 0 spiro atoms. The van der Waals surface area contributed by atoms with Crippen LogP contribution >= 0.6 is 0 Å². The number of halogens is 2. The third-order valence-electron chi connectivity index (χ3n) is 3.38. The van der Waals surface area contributed by atoms with Gasteiger partial charge in [0.15, 0.2) is 5.82 Å². The first-order valence-electron chi connectivity index (χ1n) is 6.07. The van der Waals surface area contributed by atoms with Crippen LogP contribution in [0.5, 0.6) is 0 Å². The van der Waals surface area contributed by atoms with Gasteiger partial charge in [-0.05, 0) is 25.0 Å². The Bertz CT molecular complexity index is 466. The normalized spacial score (nSPS) is 11.4. The molecule has 0 unspecified atom stereocenters.